The van der Waals surface area contributed by atoms with Crippen molar-refractivity contribution < 1.29 is 14.3 Å². The van der Waals surface area contributed by atoms with Gasteiger partial charge in [0.05, 0.1) is 20.6 Å². The second-order valence-electron chi connectivity index (χ2n) is 6.25. The van der Waals surface area contributed by atoms with Crippen molar-refractivity contribution in [2.45, 2.75) is 12.8 Å². The van der Waals surface area contributed by atoms with Crippen LogP contribution in [0.2, 0.25) is 0 Å². The Balaban J connectivity index is 1.57. The molecule has 1 heterocycles. The number of rotatable bonds is 7. The Kier molecular flexibility index (Phi) is 5.46. The monoisotopic (exact) mass is 352 g/mol. The number of hydrogen-bond donors (Lipinski definition) is 1. The number of benzene rings is 2. The van der Waals surface area contributed by atoms with E-state index >= 15 is 0 Å². The standard InChI is InChI=1S/C21H24N2O3/c1-23-14-16(17-6-4-5-7-18(17)23)13-21(24)22-11-10-15-8-9-19(25-2)20(12-15)26-3/h4-9,12,14H,10-11,13H2,1-3H3,(H,22,24). The summed E-state index contributed by atoms with van der Waals surface area (Å²) in [6.07, 6.45) is 3.15. The summed E-state index contributed by atoms with van der Waals surface area (Å²) in [4.78, 5) is 12.3. The van der Waals surface area contributed by atoms with Gasteiger partial charge in [-0.2, -0.15) is 0 Å². The van der Waals surface area contributed by atoms with Crippen molar-refractivity contribution in [2.75, 3.05) is 20.8 Å². The quantitative estimate of drug-likeness (QED) is 0.711. The van der Waals surface area contributed by atoms with Gasteiger partial charge in [-0.05, 0) is 35.7 Å². The Morgan fingerprint density at radius 3 is 2.62 bits per heavy atom. The van der Waals surface area contributed by atoms with E-state index in [4.69, 9.17) is 9.47 Å². The minimum Gasteiger partial charge on any atom is -0.493 e. The minimum atomic E-state index is 0.0295. The van der Waals surface area contributed by atoms with E-state index in [1.165, 1.54) is 0 Å². The molecule has 3 aromatic rings. The molecule has 0 aliphatic heterocycles. The molecule has 0 fully saturated rings. The number of methoxy groups -OCH3 is 2. The van der Waals surface area contributed by atoms with Crippen molar-refractivity contribution in [2.24, 2.45) is 7.05 Å². The molecule has 0 bridgehead atoms. The maximum Gasteiger partial charge on any atom is 0.224 e. The lowest BCUT2D eigenvalue weighted by Crippen LogP contribution is -2.27. The van der Waals surface area contributed by atoms with Gasteiger partial charge in [-0.3, -0.25) is 4.79 Å². The number of nitrogens with zero attached hydrogens (tertiary/aromatic N) is 1. The summed E-state index contributed by atoms with van der Waals surface area (Å²) >= 11 is 0. The van der Waals surface area contributed by atoms with Gasteiger partial charge in [-0.25, -0.2) is 0 Å². The van der Waals surface area contributed by atoms with Gasteiger partial charge in [-0.1, -0.05) is 24.3 Å². The highest BCUT2D eigenvalue weighted by Crippen LogP contribution is 2.27. The first-order valence-corrected chi connectivity index (χ1v) is 8.63. The second-order valence-corrected chi connectivity index (χ2v) is 6.25. The number of hydrogen-bond acceptors (Lipinski definition) is 3. The molecular weight excluding hydrogens is 328 g/mol. The molecule has 0 spiro atoms. The van der Waals surface area contributed by atoms with Crippen molar-refractivity contribution in [1.29, 1.82) is 0 Å². The number of carbonyl (C=O) groups is 1. The Labute approximate surface area is 153 Å². The zero-order valence-corrected chi connectivity index (χ0v) is 15.4. The third kappa shape index (κ3) is 3.82. The third-order valence-electron chi connectivity index (χ3n) is 4.51. The molecule has 2 aromatic carbocycles. The number of aromatic nitrogens is 1. The first kappa shape index (κ1) is 17.9. The smallest absolute Gasteiger partial charge is 0.224 e. The van der Waals surface area contributed by atoms with Gasteiger partial charge in [0.15, 0.2) is 11.5 Å². The number of nitrogens with one attached hydrogen (secondary N) is 1. The van der Waals surface area contributed by atoms with Gasteiger partial charge in [0.1, 0.15) is 0 Å². The predicted octanol–water partition coefficient (Wildman–Crippen LogP) is 3.10. The van der Waals surface area contributed by atoms with Crippen LogP contribution >= 0.6 is 0 Å². The molecule has 0 radical (unpaired) electrons. The van der Waals surface area contributed by atoms with E-state index in [1.54, 1.807) is 14.2 Å². The summed E-state index contributed by atoms with van der Waals surface area (Å²) in [5.41, 5.74) is 3.28. The van der Waals surface area contributed by atoms with Crippen LogP contribution in [-0.2, 0) is 24.7 Å². The Morgan fingerprint density at radius 1 is 1.08 bits per heavy atom. The van der Waals surface area contributed by atoms with Crippen molar-refractivity contribution in [1.82, 2.24) is 9.88 Å². The van der Waals surface area contributed by atoms with E-state index in [0.29, 0.717) is 24.5 Å². The summed E-state index contributed by atoms with van der Waals surface area (Å²) < 4.78 is 12.6. The number of fused-ring (bicyclic) bond motifs is 1. The van der Waals surface area contributed by atoms with Gasteiger partial charge in [0, 0.05) is 30.7 Å². The van der Waals surface area contributed by atoms with Crippen molar-refractivity contribution in [3.63, 3.8) is 0 Å². The van der Waals surface area contributed by atoms with Crippen molar-refractivity contribution in [3.05, 3.63) is 59.8 Å². The maximum atomic E-state index is 12.3. The van der Waals surface area contributed by atoms with Crippen LogP contribution in [0, 0.1) is 0 Å². The van der Waals surface area contributed by atoms with E-state index in [2.05, 4.69) is 22.0 Å². The molecule has 0 atom stereocenters. The van der Waals surface area contributed by atoms with Crippen LogP contribution in [0.4, 0.5) is 0 Å². The highest BCUT2D eigenvalue weighted by atomic mass is 16.5. The third-order valence-corrected chi connectivity index (χ3v) is 4.51. The van der Waals surface area contributed by atoms with E-state index < -0.39 is 0 Å². The Bertz CT molecular complexity index is 915. The predicted molar refractivity (Wildman–Crippen MR) is 103 cm³/mol. The summed E-state index contributed by atoms with van der Waals surface area (Å²) in [5, 5.41) is 4.13. The van der Waals surface area contributed by atoms with Crippen LogP contribution in [0.1, 0.15) is 11.1 Å². The fourth-order valence-electron chi connectivity index (χ4n) is 3.18. The van der Waals surface area contributed by atoms with Gasteiger partial charge in [-0.15, -0.1) is 0 Å². The lowest BCUT2D eigenvalue weighted by atomic mass is 10.1. The van der Waals surface area contributed by atoms with Gasteiger partial charge in [0.25, 0.3) is 0 Å². The molecule has 136 valence electrons. The molecule has 1 aromatic heterocycles. The van der Waals surface area contributed by atoms with Crippen LogP contribution in [0.5, 0.6) is 11.5 Å². The normalized spacial score (nSPS) is 10.7. The molecule has 26 heavy (non-hydrogen) atoms. The number of carbonyl (C=O) groups excluding carboxylic acids is 1. The highest BCUT2D eigenvalue weighted by Gasteiger charge is 2.10. The Hall–Kier alpha value is -2.95. The second kappa shape index (κ2) is 7.95. The Morgan fingerprint density at radius 2 is 1.85 bits per heavy atom. The van der Waals surface area contributed by atoms with Crippen LogP contribution in [0.3, 0.4) is 0 Å². The fourth-order valence-corrected chi connectivity index (χ4v) is 3.18. The molecule has 1 N–H and O–H groups in total. The van der Waals surface area contributed by atoms with E-state index in [0.717, 1.165) is 28.5 Å². The van der Waals surface area contributed by atoms with Crippen LogP contribution in [-0.4, -0.2) is 31.2 Å². The molecule has 5 nitrogen and oxygen atoms in total. The molecule has 0 aliphatic carbocycles. The van der Waals surface area contributed by atoms with Gasteiger partial charge >= 0.3 is 0 Å². The molecule has 1 amide bonds. The zero-order valence-electron chi connectivity index (χ0n) is 15.4. The average Bonchev–Trinajstić information content (AvgIpc) is 2.97. The van der Waals surface area contributed by atoms with E-state index in [-0.39, 0.29) is 5.91 Å². The zero-order chi connectivity index (χ0) is 18.5. The summed E-state index contributed by atoms with van der Waals surface area (Å²) in [7, 11) is 5.24. The minimum absolute atomic E-state index is 0.0295. The molecule has 5 heteroatoms. The number of ether oxygens (including phenoxy) is 2. The van der Waals surface area contributed by atoms with Gasteiger partial charge < -0.3 is 19.4 Å². The van der Waals surface area contributed by atoms with Gasteiger partial charge in [0.2, 0.25) is 5.91 Å². The lowest BCUT2D eigenvalue weighted by molar-refractivity contribution is -0.120. The molecule has 0 saturated heterocycles. The van der Waals surface area contributed by atoms with Crippen LogP contribution in [0.15, 0.2) is 48.7 Å². The number of amides is 1. The SMILES string of the molecule is COc1ccc(CCNC(=O)Cc2cn(C)c3ccccc23)cc1OC. The first-order chi connectivity index (χ1) is 12.6. The topological polar surface area (TPSA) is 52.5 Å². The van der Waals surface area contributed by atoms with Crippen molar-refractivity contribution in [3.8, 4) is 11.5 Å². The molecule has 0 unspecified atom stereocenters. The van der Waals surface area contributed by atoms with Crippen molar-refractivity contribution >= 4 is 16.8 Å². The highest BCUT2D eigenvalue weighted by molar-refractivity contribution is 5.89. The van der Waals surface area contributed by atoms with Crippen LogP contribution < -0.4 is 14.8 Å². The number of para-hydroxylation sites is 1. The molecule has 0 aliphatic rings. The maximum absolute atomic E-state index is 12.3. The van der Waals surface area contributed by atoms with E-state index in [9.17, 15) is 4.79 Å². The largest absolute Gasteiger partial charge is 0.493 e. The van der Waals surface area contributed by atoms with E-state index in [1.807, 2.05) is 43.6 Å². The fraction of sp³-hybridized carbons (Fsp3) is 0.286. The molecule has 0 saturated carbocycles. The molecule has 3 rings (SSSR count). The summed E-state index contributed by atoms with van der Waals surface area (Å²) in [5.74, 6) is 1.44. The lowest BCUT2D eigenvalue weighted by Gasteiger charge is -2.10. The summed E-state index contributed by atoms with van der Waals surface area (Å²) in [6, 6.07) is 13.9. The van der Waals surface area contributed by atoms with Crippen LogP contribution in [0.25, 0.3) is 10.9 Å². The number of aryl methyl sites for hydroxylation is 1. The first-order valence-electron chi connectivity index (χ1n) is 8.63. The average molecular weight is 352 g/mol. The molecular formula is C21H24N2O3. The summed E-state index contributed by atoms with van der Waals surface area (Å²) in [6.45, 7) is 0.582.